The van der Waals surface area contributed by atoms with Crippen LogP contribution in [0, 0.1) is 0 Å². The number of pyridine rings is 1. The van der Waals surface area contributed by atoms with Gasteiger partial charge in [0.2, 0.25) is 5.88 Å². The molecule has 156 valence electrons. The number of aromatic nitrogens is 1. The number of nitrogens with two attached hydrogens (primary N) is 1. The summed E-state index contributed by atoms with van der Waals surface area (Å²) in [5.41, 5.74) is 10.8. The van der Waals surface area contributed by atoms with Crippen molar-refractivity contribution in [2.45, 2.75) is 38.2 Å². The monoisotopic (exact) mass is 406 g/mol. The van der Waals surface area contributed by atoms with Gasteiger partial charge in [-0.05, 0) is 51.4 Å². The van der Waals surface area contributed by atoms with Crippen molar-refractivity contribution < 1.29 is 14.3 Å². The lowest BCUT2D eigenvalue weighted by Crippen LogP contribution is -2.39. The first-order chi connectivity index (χ1) is 14.6. The van der Waals surface area contributed by atoms with Gasteiger partial charge in [-0.3, -0.25) is 9.79 Å². The molecule has 7 nitrogen and oxygen atoms in total. The number of piperidine rings is 1. The van der Waals surface area contributed by atoms with Gasteiger partial charge in [0.05, 0.1) is 17.9 Å². The fraction of sp³-hybridized carbons (Fsp3) is 0.435. The molecule has 1 saturated heterocycles. The Kier molecular flexibility index (Phi) is 4.90. The molecule has 5 rings (SSSR count). The molecule has 1 amide bonds. The van der Waals surface area contributed by atoms with E-state index in [1.807, 2.05) is 18.5 Å². The Balaban J connectivity index is 1.60. The van der Waals surface area contributed by atoms with E-state index in [0.717, 1.165) is 66.7 Å². The number of hydrogen-bond donors (Lipinski definition) is 1. The standard InChI is InChI=1S/C23H26N4O3/c1-27-8-2-5-16(13-27)30-19-11-18(21-17(6-7-25-21)20(19)22(24)28)15-10-14-4-3-9-29-23(14)26-12-15/h7,10-12,16H,2-6,8-9,13H2,1H3,(H2,24,28). The summed E-state index contributed by atoms with van der Waals surface area (Å²) in [7, 11) is 2.09. The molecule has 0 saturated carbocycles. The Bertz CT molecular complexity index is 1030. The van der Waals surface area contributed by atoms with Gasteiger partial charge in [0, 0.05) is 47.6 Å². The Hall–Kier alpha value is -2.93. The third-order valence-electron chi connectivity index (χ3n) is 6.07. The number of aryl methyl sites for hydroxylation is 1. The van der Waals surface area contributed by atoms with E-state index in [1.54, 1.807) is 0 Å². The van der Waals surface area contributed by atoms with Crippen molar-refractivity contribution in [2.75, 3.05) is 26.7 Å². The number of nitrogens with zero attached hydrogens (tertiary/aromatic N) is 3. The van der Waals surface area contributed by atoms with Crippen LogP contribution in [-0.4, -0.2) is 54.9 Å². The second-order valence-electron chi connectivity index (χ2n) is 8.29. The fourth-order valence-corrected chi connectivity index (χ4v) is 4.64. The maximum absolute atomic E-state index is 12.4. The summed E-state index contributed by atoms with van der Waals surface area (Å²) in [6.45, 7) is 2.60. The van der Waals surface area contributed by atoms with Gasteiger partial charge >= 0.3 is 0 Å². The van der Waals surface area contributed by atoms with E-state index in [-0.39, 0.29) is 6.10 Å². The van der Waals surface area contributed by atoms with Crippen molar-refractivity contribution >= 4 is 17.8 Å². The summed E-state index contributed by atoms with van der Waals surface area (Å²) in [6.07, 6.45) is 8.21. The molecule has 3 aliphatic rings. The maximum atomic E-state index is 12.4. The van der Waals surface area contributed by atoms with Crippen molar-refractivity contribution in [1.82, 2.24) is 9.88 Å². The molecule has 0 bridgehead atoms. The number of rotatable bonds is 4. The van der Waals surface area contributed by atoms with Gasteiger partial charge in [-0.2, -0.15) is 0 Å². The molecule has 3 aliphatic heterocycles. The van der Waals surface area contributed by atoms with Gasteiger partial charge in [0.1, 0.15) is 11.9 Å². The number of fused-ring (bicyclic) bond motifs is 2. The number of likely N-dealkylation sites (tertiary alicyclic amines) is 1. The third-order valence-corrected chi connectivity index (χ3v) is 6.07. The molecule has 1 aromatic carbocycles. The summed E-state index contributed by atoms with van der Waals surface area (Å²) in [4.78, 5) is 23.7. The topological polar surface area (TPSA) is 90.0 Å². The third kappa shape index (κ3) is 3.43. The summed E-state index contributed by atoms with van der Waals surface area (Å²) < 4.78 is 12.0. The smallest absolute Gasteiger partial charge is 0.252 e. The van der Waals surface area contributed by atoms with Crippen LogP contribution in [0.1, 0.15) is 40.7 Å². The predicted molar refractivity (Wildman–Crippen MR) is 115 cm³/mol. The lowest BCUT2D eigenvalue weighted by Gasteiger charge is -2.31. The van der Waals surface area contributed by atoms with Crippen LogP contribution >= 0.6 is 0 Å². The Morgan fingerprint density at radius 3 is 3.07 bits per heavy atom. The highest BCUT2D eigenvalue weighted by Crippen LogP contribution is 2.44. The highest BCUT2D eigenvalue weighted by molar-refractivity contribution is 6.03. The predicted octanol–water partition coefficient (Wildman–Crippen LogP) is 2.90. The number of benzene rings is 1. The van der Waals surface area contributed by atoms with E-state index in [9.17, 15) is 4.79 Å². The fourth-order valence-electron chi connectivity index (χ4n) is 4.64. The van der Waals surface area contributed by atoms with Crippen LogP contribution in [-0.2, 0) is 12.8 Å². The van der Waals surface area contributed by atoms with Crippen LogP contribution in [0.2, 0.25) is 0 Å². The minimum Gasteiger partial charge on any atom is -0.488 e. The van der Waals surface area contributed by atoms with E-state index in [4.69, 9.17) is 15.2 Å². The molecular weight excluding hydrogens is 380 g/mol. The lowest BCUT2D eigenvalue weighted by atomic mass is 9.94. The van der Waals surface area contributed by atoms with Gasteiger partial charge < -0.3 is 20.1 Å². The van der Waals surface area contributed by atoms with Gasteiger partial charge in [-0.25, -0.2) is 4.98 Å². The molecule has 2 aromatic rings. The number of ether oxygens (including phenoxy) is 2. The summed E-state index contributed by atoms with van der Waals surface area (Å²) in [5, 5.41) is 0. The largest absolute Gasteiger partial charge is 0.488 e. The molecule has 2 N–H and O–H groups in total. The highest BCUT2D eigenvalue weighted by Gasteiger charge is 2.28. The van der Waals surface area contributed by atoms with Gasteiger partial charge in [-0.1, -0.05) is 0 Å². The average molecular weight is 406 g/mol. The quantitative estimate of drug-likeness (QED) is 0.843. The normalized spacial score (nSPS) is 20.4. The van der Waals surface area contributed by atoms with E-state index in [1.165, 1.54) is 0 Å². The molecule has 0 aliphatic carbocycles. The number of aliphatic imine (C=N–C) groups is 1. The zero-order chi connectivity index (χ0) is 20.7. The lowest BCUT2D eigenvalue weighted by molar-refractivity contribution is 0.0947. The number of carbonyl (C=O) groups is 1. The summed E-state index contributed by atoms with van der Waals surface area (Å²) in [6, 6.07) is 4.04. The zero-order valence-corrected chi connectivity index (χ0v) is 17.2. The van der Waals surface area contributed by atoms with Crippen molar-refractivity contribution in [3.05, 3.63) is 35.0 Å². The van der Waals surface area contributed by atoms with Gasteiger partial charge in [0.15, 0.2) is 0 Å². The first-order valence-corrected chi connectivity index (χ1v) is 10.6. The number of amides is 1. The average Bonchev–Trinajstić information content (AvgIpc) is 3.22. The second kappa shape index (κ2) is 7.72. The van der Waals surface area contributed by atoms with E-state index in [0.29, 0.717) is 30.2 Å². The number of carbonyl (C=O) groups excluding carboxylic acids is 1. The van der Waals surface area contributed by atoms with Crippen LogP contribution in [0.5, 0.6) is 11.6 Å². The van der Waals surface area contributed by atoms with Crippen molar-refractivity contribution in [1.29, 1.82) is 0 Å². The molecule has 7 heteroatoms. The first kappa shape index (κ1) is 19.1. The SMILES string of the molecule is CN1CCCC(Oc2cc(-c3cnc4c(c3)CCCO4)c3c(c2C(N)=O)CC=N3)C1. The highest BCUT2D eigenvalue weighted by atomic mass is 16.5. The summed E-state index contributed by atoms with van der Waals surface area (Å²) >= 11 is 0. The Morgan fingerprint density at radius 2 is 2.23 bits per heavy atom. The molecule has 1 fully saturated rings. The molecule has 0 spiro atoms. The zero-order valence-electron chi connectivity index (χ0n) is 17.2. The van der Waals surface area contributed by atoms with Gasteiger partial charge in [0.25, 0.3) is 5.91 Å². The molecule has 1 aromatic heterocycles. The molecule has 1 atom stereocenters. The molecule has 1 unspecified atom stereocenters. The summed E-state index contributed by atoms with van der Waals surface area (Å²) in [5.74, 6) is 0.788. The van der Waals surface area contributed by atoms with Crippen LogP contribution in [0.3, 0.4) is 0 Å². The second-order valence-corrected chi connectivity index (χ2v) is 8.29. The molecule has 0 radical (unpaired) electrons. The Morgan fingerprint density at radius 1 is 1.33 bits per heavy atom. The van der Waals surface area contributed by atoms with Crippen LogP contribution < -0.4 is 15.2 Å². The van der Waals surface area contributed by atoms with Crippen molar-refractivity contribution in [2.24, 2.45) is 10.7 Å². The maximum Gasteiger partial charge on any atom is 0.252 e. The minimum atomic E-state index is -0.473. The van der Waals surface area contributed by atoms with Crippen LogP contribution in [0.25, 0.3) is 11.1 Å². The van der Waals surface area contributed by atoms with Gasteiger partial charge in [-0.15, -0.1) is 0 Å². The van der Waals surface area contributed by atoms with E-state index >= 15 is 0 Å². The molecule has 30 heavy (non-hydrogen) atoms. The number of hydrogen-bond acceptors (Lipinski definition) is 6. The molecular formula is C23H26N4O3. The number of likely N-dealkylation sites (N-methyl/N-ethyl adjacent to an activating group) is 1. The Labute approximate surface area is 175 Å². The number of primary amides is 1. The van der Waals surface area contributed by atoms with E-state index < -0.39 is 5.91 Å². The first-order valence-electron chi connectivity index (χ1n) is 10.6. The van der Waals surface area contributed by atoms with Crippen LogP contribution in [0.4, 0.5) is 5.69 Å². The van der Waals surface area contributed by atoms with Crippen molar-refractivity contribution in [3.63, 3.8) is 0 Å². The minimum absolute atomic E-state index is 0.0325. The van der Waals surface area contributed by atoms with Crippen LogP contribution in [0.15, 0.2) is 23.3 Å². The van der Waals surface area contributed by atoms with Crippen molar-refractivity contribution in [3.8, 4) is 22.8 Å². The van der Waals surface area contributed by atoms with E-state index in [2.05, 4.69) is 28.0 Å². The molecule has 4 heterocycles.